The van der Waals surface area contributed by atoms with Crippen LogP contribution in [0.5, 0.6) is 0 Å². The lowest BCUT2D eigenvalue weighted by Crippen LogP contribution is -2.62. The van der Waals surface area contributed by atoms with Crippen molar-refractivity contribution >= 4 is 23.3 Å². The van der Waals surface area contributed by atoms with Crippen molar-refractivity contribution in [2.45, 2.75) is 75.7 Å². The van der Waals surface area contributed by atoms with Gasteiger partial charge in [-0.1, -0.05) is 24.4 Å². The number of azide groups is 1. The van der Waals surface area contributed by atoms with Crippen molar-refractivity contribution in [3.05, 3.63) is 40.3 Å². The van der Waals surface area contributed by atoms with Crippen molar-refractivity contribution in [2.24, 2.45) is 5.11 Å². The molecule has 3 atom stereocenters. The SMILES string of the molecule is CC(C)N1CCN(c2ccc(C(=O)NC3(C(=O)N4C[C@@H](N=[N+]=[N-])[C@H]5OCC(=O)[C@H]54)CCCCC3)cc2)CC1. The van der Waals surface area contributed by atoms with Crippen LogP contribution in [-0.4, -0.2) is 96.5 Å². The Kier molecular flexibility index (Phi) is 7.61. The maximum absolute atomic E-state index is 14.0. The van der Waals surface area contributed by atoms with Gasteiger partial charge in [0.2, 0.25) is 5.91 Å². The molecule has 4 fully saturated rings. The van der Waals surface area contributed by atoms with Gasteiger partial charge in [-0.2, -0.15) is 0 Å². The van der Waals surface area contributed by atoms with E-state index in [1.54, 1.807) is 0 Å². The van der Waals surface area contributed by atoms with Crippen molar-refractivity contribution in [2.75, 3.05) is 44.2 Å². The van der Waals surface area contributed by atoms with Gasteiger partial charge >= 0.3 is 0 Å². The van der Waals surface area contributed by atoms with Gasteiger partial charge in [0.1, 0.15) is 18.2 Å². The van der Waals surface area contributed by atoms with Crippen LogP contribution in [0.2, 0.25) is 0 Å². The molecule has 1 aromatic carbocycles. The van der Waals surface area contributed by atoms with Crippen molar-refractivity contribution in [3.63, 3.8) is 0 Å². The number of ether oxygens (including phenoxy) is 1. The number of fused-ring (bicyclic) bond motifs is 1. The Hall–Kier alpha value is -3.14. The minimum atomic E-state index is -1.10. The molecule has 2 amide bonds. The lowest BCUT2D eigenvalue weighted by Gasteiger charge is -2.40. The predicted octanol–water partition coefficient (Wildman–Crippen LogP) is 2.51. The fourth-order valence-electron chi connectivity index (χ4n) is 6.44. The number of carbonyl (C=O) groups excluding carboxylic acids is 3. The van der Waals surface area contributed by atoms with Crippen LogP contribution in [-0.2, 0) is 14.3 Å². The number of benzene rings is 1. The third-order valence-corrected chi connectivity index (χ3v) is 8.63. The van der Waals surface area contributed by atoms with E-state index in [9.17, 15) is 14.4 Å². The summed E-state index contributed by atoms with van der Waals surface area (Å²) in [6, 6.07) is 6.72. The second-order valence-corrected chi connectivity index (χ2v) is 11.2. The van der Waals surface area contributed by atoms with Gasteiger partial charge in [0, 0.05) is 54.9 Å². The van der Waals surface area contributed by atoms with Gasteiger partial charge in [-0.15, -0.1) is 0 Å². The van der Waals surface area contributed by atoms with Gasteiger partial charge in [0.05, 0.1) is 12.1 Å². The molecule has 0 spiro atoms. The van der Waals surface area contributed by atoms with Crippen molar-refractivity contribution in [3.8, 4) is 0 Å². The summed E-state index contributed by atoms with van der Waals surface area (Å²) in [5.74, 6) is -0.774. The zero-order valence-electron chi connectivity index (χ0n) is 22.2. The Bertz CT molecular complexity index is 1100. The van der Waals surface area contributed by atoms with Crippen molar-refractivity contribution < 1.29 is 19.1 Å². The highest BCUT2D eigenvalue weighted by atomic mass is 16.5. The fourth-order valence-corrected chi connectivity index (χ4v) is 6.44. The smallest absolute Gasteiger partial charge is 0.252 e. The van der Waals surface area contributed by atoms with Gasteiger partial charge in [0.25, 0.3) is 5.91 Å². The molecule has 5 rings (SSSR count). The first-order chi connectivity index (χ1) is 18.3. The van der Waals surface area contributed by atoms with E-state index in [0.717, 1.165) is 51.1 Å². The number of likely N-dealkylation sites (tertiary alicyclic amines) is 1. The maximum Gasteiger partial charge on any atom is 0.252 e. The molecule has 38 heavy (non-hydrogen) atoms. The summed E-state index contributed by atoms with van der Waals surface area (Å²) in [6.07, 6.45) is 2.97. The van der Waals surface area contributed by atoms with E-state index in [-0.39, 0.29) is 30.7 Å². The number of nitrogens with zero attached hydrogens (tertiary/aromatic N) is 6. The highest BCUT2D eigenvalue weighted by Gasteiger charge is 2.56. The number of Topliss-reactive ketones (excluding diaryl/α,β-unsaturated/α-hetero) is 1. The van der Waals surface area contributed by atoms with E-state index in [2.05, 4.69) is 39.0 Å². The first-order valence-electron chi connectivity index (χ1n) is 13.7. The Morgan fingerprint density at radius 1 is 1.11 bits per heavy atom. The molecule has 1 N–H and O–H groups in total. The molecule has 3 aliphatic heterocycles. The summed E-state index contributed by atoms with van der Waals surface area (Å²) in [5.41, 5.74) is 9.46. The molecule has 11 nitrogen and oxygen atoms in total. The average molecular weight is 524 g/mol. The molecule has 3 heterocycles. The van der Waals surface area contributed by atoms with E-state index in [1.165, 1.54) is 4.90 Å². The minimum Gasteiger partial charge on any atom is -0.369 e. The number of rotatable bonds is 6. The van der Waals surface area contributed by atoms with Crippen LogP contribution in [0.15, 0.2) is 29.4 Å². The molecule has 0 bridgehead atoms. The van der Waals surface area contributed by atoms with Crippen LogP contribution in [0.25, 0.3) is 10.4 Å². The molecule has 3 saturated heterocycles. The average Bonchev–Trinajstić information content (AvgIpc) is 3.49. The number of nitrogens with one attached hydrogen (secondary N) is 1. The van der Waals surface area contributed by atoms with E-state index in [1.807, 2.05) is 24.3 Å². The molecule has 0 aromatic heterocycles. The largest absolute Gasteiger partial charge is 0.369 e. The molecule has 11 heteroatoms. The lowest BCUT2D eigenvalue weighted by molar-refractivity contribution is -0.143. The molecule has 1 aromatic rings. The highest BCUT2D eigenvalue weighted by Crippen LogP contribution is 2.36. The minimum absolute atomic E-state index is 0.102. The van der Waals surface area contributed by atoms with Crippen molar-refractivity contribution in [1.29, 1.82) is 0 Å². The molecule has 0 unspecified atom stereocenters. The van der Waals surface area contributed by atoms with Gasteiger partial charge in [0.15, 0.2) is 5.78 Å². The summed E-state index contributed by atoms with van der Waals surface area (Å²) in [6.45, 7) is 8.35. The highest BCUT2D eigenvalue weighted by molar-refractivity contribution is 6.01. The predicted molar refractivity (Wildman–Crippen MR) is 142 cm³/mol. The zero-order chi connectivity index (χ0) is 26.9. The lowest BCUT2D eigenvalue weighted by atomic mass is 9.80. The number of hydrogen-bond donors (Lipinski definition) is 1. The van der Waals surface area contributed by atoms with Gasteiger partial charge in [-0.25, -0.2) is 0 Å². The molecule has 204 valence electrons. The molecular weight excluding hydrogens is 486 g/mol. The maximum atomic E-state index is 14.0. The van der Waals surface area contributed by atoms with Crippen LogP contribution in [0, 0.1) is 0 Å². The number of ketones is 1. The van der Waals surface area contributed by atoms with Crippen molar-refractivity contribution in [1.82, 2.24) is 15.1 Å². The zero-order valence-corrected chi connectivity index (χ0v) is 22.2. The van der Waals surface area contributed by atoms with E-state index in [0.29, 0.717) is 24.4 Å². The van der Waals surface area contributed by atoms with Crippen LogP contribution >= 0.6 is 0 Å². The third-order valence-electron chi connectivity index (χ3n) is 8.63. The Morgan fingerprint density at radius 3 is 2.42 bits per heavy atom. The topological polar surface area (TPSA) is 131 Å². The standard InChI is InChI=1S/C27H37N7O4/c1-18(2)32-12-14-33(15-13-32)20-8-6-19(7-9-20)25(36)29-27(10-4-3-5-11-27)26(37)34-16-21(30-31-28)24-23(34)22(35)17-38-24/h6-9,18,21,23-24H,3-5,10-17H2,1-2H3,(H,29,36)/t21-,23-,24-/m1/s1. The van der Waals surface area contributed by atoms with E-state index < -0.39 is 23.7 Å². The first kappa shape index (κ1) is 26.5. The summed E-state index contributed by atoms with van der Waals surface area (Å²) in [4.78, 5) is 49.2. The molecule has 1 aliphatic carbocycles. The Morgan fingerprint density at radius 2 is 1.79 bits per heavy atom. The summed E-state index contributed by atoms with van der Waals surface area (Å²) in [7, 11) is 0. The number of piperazine rings is 1. The van der Waals surface area contributed by atoms with Crippen LogP contribution in [0.3, 0.4) is 0 Å². The fraction of sp³-hybridized carbons (Fsp3) is 0.667. The number of anilines is 1. The molecular formula is C27H37N7O4. The summed E-state index contributed by atoms with van der Waals surface area (Å²) < 4.78 is 5.58. The quantitative estimate of drug-likeness (QED) is 0.346. The normalized spacial score (nSPS) is 27.2. The molecule has 1 saturated carbocycles. The van der Waals surface area contributed by atoms with Crippen LogP contribution in [0.1, 0.15) is 56.3 Å². The summed E-state index contributed by atoms with van der Waals surface area (Å²) >= 11 is 0. The van der Waals surface area contributed by atoms with Gasteiger partial charge in [-0.3, -0.25) is 19.3 Å². The van der Waals surface area contributed by atoms with E-state index >= 15 is 0 Å². The number of hydrogen-bond acceptors (Lipinski definition) is 7. The number of carbonyl (C=O) groups is 3. The summed E-state index contributed by atoms with van der Waals surface area (Å²) in [5, 5.41) is 6.86. The monoisotopic (exact) mass is 523 g/mol. The second kappa shape index (κ2) is 10.9. The third kappa shape index (κ3) is 4.98. The second-order valence-electron chi connectivity index (χ2n) is 11.2. The molecule has 4 aliphatic rings. The molecule has 0 radical (unpaired) electrons. The van der Waals surface area contributed by atoms with Crippen LogP contribution in [0.4, 0.5) is 5.69 Å². The first-order valence-corrected chi connectivity index (χ1v) is 13.7. The van der Waals surface area contributed by atoms with Crippen LogP contribution < -0.4 is 10.2 Å². The number of amides is 2. The Labute approximate surface area is 223 Å². The van der Waals surface area contributed by atoms with Gasteiger partial charge < -0.3 is 19.9 Å². The van der Waals surface area contributed by atoms with Gasteiger partial charge in [-0.05, 0) is 56.5 Å². The van der Waals surface area contributed by atoms with E-state index in [4.69, 9.17) is 10.3 Å². The Balaban J connectivity index is 1.31.